The van der Waals surface area contributed by atoms with Crippen LogP contribution in [-0.2, 0) is 14.3 Å². The van der Waals surface area contributed by atoms with E-state index in [0.717, 1.165) is 37.7 Å². The Morgan fingerprint density at radius 3 is 2.52 bits per heavy atom. The van der Waals surface area contributed by atoms with E-state index in [9.17, 15) is 4.79 Å². The van der Waals surface area contributed by atoms with Crippen molar-refractivity contribution in [3.63, 3.8) is 0 Å². The third kappa shape index (κ3) is 2.26. The quantitative estimate of drug-likeness (QED) is 0.633. The predicted octanol–water partition coefficient (Wildman–Crippen LogP) is 4.05. The van der Waals surface area contributed by atoms with Crippen molar-refractivity contribution in [2.45, 2.75) is 90.1 Å². The Kier molecular flexibility index (Phi) is 3.23. The Morgan fingerprint density at radius 2 is 1.78 bits per heavy atom. The van der Waals surface area contributed by atoms with E-state index < -0.39 is 0 Å². The third-order valence-corrected chi connectivity index (χ3v) is 7.78. The minimum Gasteiger partial charge on any atom is -0.366 e. The molecule has 23 heavy (non-hydrogen) atoms. The standard InChI is InChI=1S/C20H30O3/c1-12-6-7-14-13(2)18(12,3)10-11-19(4)15(22-19)8-9-20(5)17(23-20)16(14)21/h7,12-13,15,17H,6,8-11H2,1-5H3. The van der Waals surface area contributed by atoms with Gasteiger partial charge in [0.05, 0.1) is 11.7 Å². The van der Waals surface area contributed by atoms with E-state index in [4.69, 9.17) is 9.47 Å². The van der Waals surface area contributed by atoms with Crippen LogP contribution in [0.1, 0.15) is 66.7 Å². The van der Waals surface area contributed by atoms with Gasteiger partial charge in [0.1, 0.15) is 11.7 Å². The van der Waals surface area contributed by atoms with Crippen LogP contribution in [0.4, 0.5) is 0 Å². The zero-order chi connectivity index (χ0) is 16.6. The van der Waals surface area contributed by atoms with Gasteiger partial charge in [-0.15, -0.1) is 0 Å². The molecule has 0 radical (unpaired) electrons. The first-order chi connectivity index (χ1) is 10.7. The van der Waals surface area contributed by atoms with Crippen molar-refractivity contribution >= 4 is 5.78 Å². The van der Waals surface area contributed by atoms with Gasteiger partial charge in [-0.05, 0) is 68.8 Å². The summed E-state index contributed by atoms with van der Waals surface area (Å²) in [5.41, 5.74) is 0.985. The van der Waals surface area contributed by atoms with Gasteiger partial charge in [0, 0.05) is 0 Å². The summed E-state index contributed by atoms with van der Waals surface area (Å²) in [4.78, 5) is 13.0. The van der Waals surface area contributed by atoms with Crippen molar-refractivity contribution in [1.82, 2.24) is 0 Å². The van der Waals surface area contributed by atoms with Crippen molar-refractivity contribution in [2.24, 2.45) is 17.3 Å². The molecule has 0 aromatic carbocycles. The first kappa shape index (κ1) is 15.8. The molecule has 0 spiro atoms. The molecule has 2 bridgehead atoms. The van der Waals surface area contributed by atoms with Crippen molar-refractivity contribution in [1.29, 1.82) is 0 Å². The molecule has 0 aromatic heterocycles. The molecule has 1 saturated carbocycles. The molecule has 3 fully saturated rings. The zero-order valence-electron chi connectivity index (χ0n) is 15.1. The lowest BCUT2D eigenvalue weighted by Gasteiger charge is -2.45. The summed E-state index contributed by atoms with van der Waals surface area (Å²) in [5, 5.41) is 0. The van der Waals surface area contributed by atoms with E-state index >= 15 is 0 Å². The highest BCUT2D eigenvalue weighted by Gasteiger charge is 2.61. The predicted molar refractivity (Wildman–Crippen MR) is 89.2 cm³/mol. The van der Waals surface area contributed by atoms with Crippen LogP contribution in [0.3, 0.4) is 0 Å². The molecule has 128 valence electrons. The van der Waals surface area contributed by atoms with Gasteiger partial charge in [0.25, 0.3) is 0 Å². The molecule has 2 heterocycles. The Bertz CT molecular complexity index is 581. The SMILES string of the molecule is CC1CC=C2C(=O)C3OC3(C)CCC3OC3(C)CCC1(C)C2C. The molecule has 4 aliphatic rings. The smallest absolute Gasteiger partial charge is 0.190 e. The van der Waals surface area contributed by atoms with Crippen LogP contribution in [0.15, 0.2) is 11.6 Å². The molecule has 3 nitrogen and oxygen atoms in total. The number of carbonyl (C=O) groups is 1. The van der Waals surface area contributed by atoms with E-state index in [2.05, 4.69) is 40.7 Å². The summed E-state index contributed by atoms with van der Waals surface area (Å²) in [5.74, 6) is 1.15. The Morgan fingerprint density at radius 1 is 1.04 bits per heavy atom. The molecule has 0 N–H and O–H groups in total. The topological polar surface area (TPSA) is 42.1 Å². The van der Waals surface area contributed by atoms with Crippen molar-refractivity contribution in [3.05, 3.63) is 11.6 Å². The van der Waals surface area contributed by atoms with Crippen molar-refractivity contribution < 1.29 is 14.3 Å². The highest BCUT2D eigenvalue weighted by molar-refractivity contribution is 6.02. The summed E-state index contributed by atoms with van der Waals surface area (Å²) in [6.07, 6.45) is 7.51. The molecule has 0 amide bonds. The minimum absolute atomic E-state index is 0.0493. The van der Waals surface area contributed by atoms with Crippen LogP contribution in [0, 0.1) is 17.3 Å². The van der Waals surface area contributed by atoms with E-state index in [-0.39, 0.29) is 28.5 Å². The molecular formula is C20H30O3. The minimum atomic E-state index is -0.261. The summed E-state index contributed by atoms with van der Waals surface area (Å²) < 4.78 is 11.9. The molecule has 2 saturated heterocycles. The largest absolute Gasteiger partial charge is 0.366 e. The van der Waals surface area contributed by atoms with Gasteiger partial charge in [0.2, 0.25) is 0 Å². The van der Waals surface area contributed by atoms with Gasteiger partial charge in [-0.25, -0.2) is 0 Å². The zero-order valence-corrected chi connectivity index (χ0v) is 15.1. The van der Waals surface area contributed by atoms with Gasteiger partial charge in [-0.3, -0.25) is 4.79 Å². The fourth-order valence-corrected chi connectivity index (χ4v) is 5.03. The third-order valence-electron chi connectivity index (χ3n) is 7.78. The van der Waals surface area contributed by atoms with Gasteiger partial charge < -0.3 is 9.47 Å². The van der Waals surface area contributed by atoms with Crippen LogP contribution in [-0.4, -0.2) is 29.2 Å². The Hall–Kier alpha value is -0.670. The van der Waals surface area contributed by atoms with Crippen molar-refractivity contribution in [2.75, 3.05) is 0 Å². The lowest BCUT2D eigenvalue weighted by atomic mass is 9.59. The molecule has 2 aliphatic heterocycles. The number of rotatable bonds is 0. The highest BCUT2D eigenvalue weighted by atomic mass is 16.6. The van der Waals surface area contributed by atoms with Crippen LogP contribution in [0.2, 0.25) is 0 Å². The van der Waals surface area contributed by atoms with Crippen LogP contribution in [0.25, 0.3) is 0 Å². The molecule has 0 aromatic rings. The van der Waals surface area contributed by atoms with Crippen LogP contribution < -0.4 is 0 Å². The second kappa shape index (κ2) is 4.70. The normalized spacial score (nSPS) is 55.7. The second-order valence-electron chi connectivity index (χ2n) is 9.16. The number of fused-ring (bicyclic) bond motifs is 4. The molecule has 7 atom stereocenters. The average Bonchev–Trinajstić information content (AvgIpc) is 3.37. The molecule has 2 aliphatic carbocycles. The number of epoxide rings is 2. The summed E-state index contributed by atoms with van der Waals surface area (Å²) in [6.45, 7) is 11.3. The number of carbonyl (C=O) groups excluding carboxylic acids is 1. The summed E-state index contributed by atoms with van der Waals surface area (Å²) >= 11 is 0. The number of hydrogen-bond donors (Lipinski definition) is 0. The number of ketones is 1. The van der Waals surface area contributed by atoms with Gasteiger partial charge in [-0.2, -0.15) is 0 Å². The first-order valence-corrected chi connectivity index (χ1v) is 9.29. The fourth-order valence-electron chi connectivity index (χ4n) is 5.03. The van der Waals surface area contributed by atoms with Gasteiger partial charge in [0.15, 0.2) is 5.78 Å². The van der Waals surface area contributed by atoms with Gasteiger partial charge in [-0.1, -0.05) is 26.8 Å². The maximum Gasteiger partial charge on any atom is 0.190 e. The summed E-state index contributed by atoms with van der Waals surface area (Å²) in [6, 6.07) is 0. The number of Topliss-reactive ketones (excluding diaryl/α,β-unsaturated/α-hetero) is 1. The molecule has 4 rings (SSSR count). The maximum absolute atomic E-state index is 13.0. The highest BCUT2D eigenvalue weighted by Crippen LogP contribution is 2.55. The van der Waals surface area contributed by atoms with Crippen LogP contribution >= 0.6 is 0 Å². The van der Waals surface area contributed by atoms with Crippen LogP contribution in [0.5, 0.6) is 0 Å². The maximum atomic E-state index is 13.0. The first-order valence-electron chi connectivity index (χ1n) is 9.29. The summed E-state index contributed by atoms with van der Waals surface area (Å²) in [7, 11) is 0. The molecular weight excluding hydrogens is 288 g/mol. The number of ether oxygens (including phenoxy) is 2. The van der Waals surface area contributed by atoms with E-state index in [1.807, 2.05) is 0 Å². The van der Waals surface area contributed by atoms with E-state index in [1.165, 1.54) is 0 Å². The Labute approximate surface area is 139 Å². The van der Waals surface area contributed by atoms with Crippen molar-refractivity contribution in [3.8, 4) is 0 Å². The van der Waals surface area contributed by atoms with E-state index in [1.54, 1.807) is 0 Å². The monoisotopic (exact) mass is 318 g/mol. The molecule has 3 heteroatoms. The lowest BCUT2D eigenvalue weighted by molar-refractivity contribution is -0.118. The Balaban J connectivity index is 1.68. The van der Waals surface area contributed by atoms with E-state index in [0.29, 0.717) is 17.9 Å². The second-order valence-corrected chi connectivity index (χ2v) is 9.16. The average molecular weight is 318 g/mol. The van der Waals surface area contributed by atoms with Gasteiger partial charge >= 0.3 is 0 Å². The lowest BCUT2D eigenvalue weighted by Crippen LogP contribution is -2.40. The molecule has 7 unspecified atom stereocenters. The number of hydrogen-bond acceptors (Lipinski definition) is 3. The fraction of sp³-hybridized carbons (Fsp3) is 0.850. The number of allylic oxidation sites excluding steroid dienone is 1.